The lowest BCUT2D eigenvalue weighted by Crippen LogP contribution is -2.25. The van der Waals surface area contributed by atoms with Crippen LogP contribution in [0.2, 0.25) is 0 Å². The van der Waals surface area contributed by atoms with Gasteiger partial charge >= 0.3 is 6.09 Å². The molecule has 0 radical (unpaired) electrons. The molecule has 51 heavy (non-hydrogen) atoms. The molecule has 3 rings (SSSR count). The largest absolute Gasteiger partial charge is 0.465 e. The lowest BCUT2D eigenvalue weighted by Gasteiger charge is -2.08. The first-order chi connectivity index (χ1) is 24.8. The number of hydrogen-bond acceptors (Lipinski definition) is 11. The molecule has 0 saturated carbocycles. The number of aromatic nitrogens is 1. The second-order valence-electron chi connectivity index (χ2n) is 10.4. The fourth-order valence-electron chi connectivity index (χ4n) is 3.98. The van der Waals surface area contributed by atoms with Gasteiger partial charge in [0, 0.05) is 30.4 Å². The number of benzene rings is 2. The van der Waals surface area contributed by atoms with Crippen molar-refractivity contribution < 1.29 is 51.5 Å². The van der Waals surface area contributed by atoms with Crippen LogP contribution in [0.1, 0.15) is 21.5 Å². The Labute approximate surface area is 298 Å². The van der Waals surface area contributed by atoms with Crippen LogP contribution in [0.25, 0.3) is 0 Å². The Kier molecular flexibility index (Phi) is 19.8. The highest BCUT2D eigenvalue weighted by Crippen LogP contribution is 2.13. The summed E-state index contributed by atoms with van der Waals surface area (Å²) in [6.07, 6.45) is 2.09. The summed E-state index contributed by atoms with van der Waals surface area (Å²) in [5.74, 6) is 5.55. The van der Waals surface area contributed by atoms with Gasteiger partial charge in [-0.2, -0.15) is 0 Å². The highest BCUT2D eigenvalue weighted by molar-refractivity contribution is 7.89. The summed E-state index contributed by atoms with van der Waals surface area (Å²) in [4.78, 5) is 26.8. The van der Waals surface area contributed by atoms with Gasteiger partial charge in [0.15, 0.2) is 0 Å². The number of sulfonamides is 1. The normalized spacial score (nSPS) is 11.1. The zero-order valence-electron chi connectivity index (χ0n) is 28.2. The lowest BCUT2D eigenvalue weighted by molar-refractivity contribution is -0.0153. The SMILES string of the molecule is O=C(O)NCCOCCOCCOCCOCCOCCOCC#Cc1ccc(S(=O)(=O)NCc2ccc(C(=O)Nc3cccnc3)cc2)cc1. The minimum atomic E-state index is -3.76. The molecule has 0 unspecified atom stereocenters. The van der Waals surface area contributed by atoms with Crippen LogP contribution in [0.5, 0.6) is 0 Å². The number of carbonyl (C=O) groups excluding carboxylic acids is 1. The van der Waals surface area contributed by atoms with Gasteiger partial charge in [-0.15, -0.1) is 0 Å². The van der Waals surface area contributed by atoms with E-state index in [4.69, 9.17) is 33.5 Å². The van der Waals surface area contributed by atoms with Crippen molar-refractivity contribution in [2.75, 3.05) is 91.1 Å². The molecule has 0 aliphatic heterocycles. The van der Waals surface area contributed by atoms with Crippen molar-refractivity contribution in [1.29, 1.82) is 0 Å². The molecule has 0 atom stereocenters. The number of pyridine rings is 1. The predicted octanol–water partition coefficient (Wildman–Crippen LogP) is 2.53. The third kappa shape index (κ3) is 18.4. The summed E-state index contributed by atoms with van der Waals surface area (Å²) in [6, 6.07) is 16.3. The topological polar surface area (TPSA) is 193 Å². The number of anilines is 1. The Bertz CT molecular complexity index is 1600. The lowest BCUT2D eigenvalue weighted by atomic mass is 10.1. The molecule has 0 saturated heterocycles. The maximum Gasteiger partial charge on any atom is 0.404 e. The van der Waals surface area contributed by atoms with Crippen molar-refractivity contribution in [3.05, 3.63) is 89.7 Å². The number of rotatable bonds is 25. The van der Waals surface area contributed by atoms with Crippen LogP contribution in [-0.4, -0.2) is 116 Å². The fourth-order valence-corrected chi connectivity index (χ4v) is 5.00. The van der Waals surface area contributed by atoms with Crippen LogP contribution in [0.3, 0.4) is 0 Å². The van der Waals surface area contributed by atoms with Crippen molar-refractivity contribution in [1.82, 2.24) is 15.0 Å². The average Bonchev–Trinajstić information content (AvgIpc) is 3.13. The van der Waals surface area contributed by atoms with Gasteiger partial charge in [-0.3, -0.25) is 9.78 Å². The minimum absolute atomic E-state index is 0.0623. The number of amides is 2. The van der Waals surface area contributed by atoms with Crippen LogP contribution in [0, 0.1) is 11.8 Å². The molecular weight excluding hydrogens is 684 g/mol. The summed E-state index contributed by atoms with van der Waals surface area (Å²) < 4.78 is 60.4. The molecule has 15 nitrogen and oxygen atoms in total. The summed E-state index contributed by atoms with van der Waals surface area (Å²) in [6.45, 7) is 4.91. The van der Waals surface area contributed by atoms with E-state index in [1.165, 1.54) is 12.1 Å². The second-order valence-corrected chi connectivity index (χ2v) is 12.2. The molecule has 0 bridgehead atoms. The van der Waals surface area contributed by atoms with E-state index in [0.29, 0.717) is 95.1 Å². The zero-order chi connectivity index (χ0) is 36.4. The molecule has 2 amide bonds. The fraction of sp³-hybridized carbons (Fsp3) is 0.400. The Morgan fingerprint density at radius 2 is 1.29 bits per heavy atom. The minimum Gasteiger partial charge on any atom is -0.465 e. The molecule has 2 aromatic carbocycles. The van der Waals surface area contributed by atoms with Crippen molar-refractivity contribution in [3.8, 4) is 11.8 Å². The van der Waals surface area contributed by atoms with E-state index in [0.717, 1.165) is 0 Å². The van der Waals surface area contributed by atoms with E-state index in [1.54, 1.807) is 60.9 Å². The molecule has 0 spiro atoms. The zero-order valence-corrected chi connectivity index (χ0v) is 29.0. The molecule has 3 aromatic rings. The van der Waals surface area contributed by atoms with Crippen LogP contribution in [-0.2, 0) is 45.0 Å². The second kappa shape index (κ2) is 24.7. The van der Waals surface area contributed by atoms with E-state index in [2.05, 4.69) is 32.2 Å². The number of hydrogen-bond donors (Lipinski definition) is 4. The average molecular weight is 729 g/mol. The van der Waals surface area contributed by atoms with E-state index in [9.17, 15) is 18.0 Å². The predicted molar refractivity (Wildman–Crippen MR) is 187 cm³/mol. The molecular formula is C35H44N4O11S. The Morgan fingerprint density at radius 1 is 0.725 bits per heavy atom. The standard InChI is InChI=1S/C35H44N4O11S/c40-34(39-32-4-1-13-36-28-32)31-9-5-30(6-10-31)27-38-51(43,44)33-11-7-29(8-12-33)3-2-15-45-17-19-47-21-23-49-25-26-50-24-22-48-20-18-46-16-14-37-35(41)42/h1,4-13,28,37-38H,14-27H2,(H,39,40)(H,41,42). The molecule has 0 fully saturated rings. The molecule has 276 valence electrons. The molecule has 4 N–H and O–H groups in total. The number of carbonyl (C=O) groups is 2. The number of carboxylic acid groups (broad SMARTS) is 1. The van der Waals surface area contributed by atoms with Gasteiger partial charge in [0.05, 0.1) is 89.5 Å². The van der Waals surface area contributed by atoms with Crippen molar-refractivity contribution in [2.24, 2.45) is 0 Å². The smallest absolute Gasteiger partial charge is 0.404 e. The van der Waals surface area contributed by atoms with Gasteiger partial charge in [0.25, 0.3) is 5.91 Å². The van der Waals surface area contributed by atoms with Gasteiger partial charge < -0.3 is 44.2 Å². The molecule has 1 aromatic heterocycles. The van der Waals surface area contributed by atoms with Crippen LogP contribution >= 0.6 is 0 Å². The highest BCUT2D eigenvalue weighted by Gasteiger charge is 2.14. The Hall–Kier alpha value is -4.44. The van der Waals surface area contributed by atoms with E-state index in [1.807, 2.05) is 0 Å². The number of ether oxygens (including phenoxy) is 6. The maximum atomic E-state index is 12.8. The first kappa shape index (κ1) is 41.0. The summed E-state index contributed by atoms with van der Waals surface area (Å²) in [5, 5.41) is 13.4. The Morgan fingerprint density at radius 3 is 1.84 bits per heavy atom. The molecule has 0 aliphatic rings. The van der Waals surface area contributed by atoms with E-state index in [-0.39, 0.29) is 30.5 Å². The summed E-state index contributed by atoms with van der Waals surface area (Å²) >= 11 is 0. The third-order valence-corrected chi connectivity index (χ3v) is 7.97. The molecule has 16 heteroatoms. The number of nitrogens with one attached hydrogen (secondary N) is 3. The van der Waals surface area contributed by atoms with Gasteiger partial charge in [0.1, 0.15) is 6.61 Å². The summed E-state index contributed by atoms with van der Waals surface area (Å²) in [5.41, 5.74) is 2.37. The maximum absolute atomic E-state index is 12.8. The molecule has 1 heterocycles. The van der Waals surface area contributed by atoms with E-state index >= 15 is 0 Å². The monoisotopic (exact) mass is 728 g/mol. The third-order valence-electron chi connectivity index (χ3n) is 6.56. The van der Waals surface area contributed by atoms with Gasteiger partial charge in [-0.1, -0.05) is 24.0 Å². The van der Waals surface area contributed by atoms with Crippen LogP contribution in [0.15, 0.2) is 78.0 Å². The van der Waals surface area contributed by atoms with Crippen LogP contribution in [0.4, 0.5) is 10.5 Å². The van der Waals surface area contributed by atoms with Crippen molar-refractivity contribution >= 4 is 27.7 Å². The van der Waals surface area contributed by atoms with Crippen LogP contribution < -0.4 is 15.4 Å². The van der Waals surface area contributed by atoms with Crippen molar-refractivity contribution in [3.63, 3.8) is 0 Å². The van der Waals surface area contributed by atoms with Gasteiger partial charge in [0.2, 0.25) is 10.0 Å². The molecule has 0 aliphatic carbocycles. The first-order valence-electron chi connectivity index (χ1n) is 16.2. The highest BCUT2D eigenvalue weighted by atomic mass is 32.2. The van der Waals surface area contributed by atoms with Gasteiger partial charge in [-0.05, 0) is 54.1 Å². The quantitative estimate of drug-likeness (QED) is 0.0738. The van der Waals surface area contributed by atoms with Crippen molar-refractivity contribution in [2.45, 2.75) is 11.4 Å². The first-order valence-corrected chi connectivity index (χ1v) is 17.6. The number of nitrogens with zero attached hydrogens (tertiary/aromatic N) is 1. The summed E-state index contributed by atoms with van der Waals surface area (Å²) in [7, 11) is -3.76. The van der Waals surface area contributed by atoms with Gasteiger partial charge in [-0.25, -0.2) is 17.9 Å². The van der Waals surface area contributed by atoms with E-state index < -0.39 is 16.1 Å². The Balaban J connectivity index is 1.16.